The summed E-state index contributed by atoms with van der Waals surface area (Å²) in [5.74, 6) is 1.79. The first-order chi connectivity index (χ1) is 13.5. The number of benzene rings is 1. The molecule has 2 N–H and O–H groups in total. The fourth-order valence-electron chi connectivity index (χ4n) is 3.31. The maximum absolute atomic E-state index is 12.4. The quantitative estimate of drug-likeness (QED) is 0.704. The molecular formula is C19H24N8O. The van der Waals surface area contributed by atoms with Gasteiger partial charge in [0.15, 0.2) is 5.82 Å². The summed E-state index contributed by atoms with van der Waals surface area (Å²) in [7, 11) is 0. The number of carbonyl (C=O) groups excluding carboxylic acids is 1. The molecule has 3 aromatic rings. The zero-order chi connectivity index (χ0) is 19.6. The second kappa shape index (κ2) is 7.41. The average Bonchev–Trinajstić information content (AvgIpc) is 3.35. The standard InChI is InChI=1S/C19H24N8O/c1-19(2,15-13-27(25-22-15)14-8-4-3-5-9-14)21-18(28)20-12-17-24-23-16-10-6-7-11-26(16)17/h3-5,8-9,13H,6-7,10-12H2,1-2H3,(H2,20,21,28). The Hall–Kier alpha value is -3.23. The molecule has 0 atom stereocenters. The molecule has 146 valence electrons. The summed E-state index contributed by atoms with van der Waals surface area (Å²) >= 11 is 0. The topological polar surface area (TPSA) is 103 Å². The minimum absolute atomic E-state index is 0.285. The zero-order valence-corrected chi connectivity index (χ0v) is 16.1. The van der Waals surface area contributed by atoms with Gasteiger partial charge in [-0.15, -0.1) is 15.3 Å². The van der Waals surface area contributed by atoms with Gasteiger partial charge in [0.25, 0.3) is 0 Å². The molecule has 9 heteroatoms. The largest absolute Gasteiger partial charge is 0.331 e. The van der Waals surface area contributed by atoms with Crippen LogP contribution >= 0.6 is 0 Å². The number of hydrogen-bond donors (Lipinski definition) is 2. The van der Waals surface area contributed by atoms with E-state index in [0.717, 1.165) is 43.1 Å². The summed E-state index contributed by atoms with van der Waals surface area (Å²) in [4.78, 5) is 12.4. The number of para-hydroxylation sites is 1. The molecule has 1 aliphatic rings. The first-order valence-corrected chi connectivity index (χ1v) is 9.48. The van der Waals surface area contributed by atoms with Crippen molar-refractivity contribution in [2.24, 2.45) is 0 Å². The highest BCUT2D eigenvalue weighted by Gasteiger charge is 2.27. The van der Waals surface area contributed by atoms with E-state index in [1.165, 1.54) is 0 Å². The minimum Gasteiger partial charge on any atom is -0.331 e. The van der Waals surface area contributed by atoms with Crippen LogP contribution in [0.3, 0.4) is 0 Å². The smallest absolute Gasteiger partial charge is 0.315 e. The molecule has 0 bridgehead atoms. The molecule has 1 aliphatic heterocycles. The van der Waals surface area contributed by atoms with Gasteiger partial charge in [-0.2, -0.15) is 0 Å². The molecule has 0 spiro atoms. The molecule has 4 rings (SSSR count). The first kappa shape index (κ1) is 18.1. The normalized spacial score (nSPS) is 13.8. The second-order valence-corrected chi connectivity index (χ2v) is 7.46. The second-order valence-electron chi connectivity index (χ2n) is 7.46. The van der Waals surface area contributed by atoms with Crippen molar-refractivity contribution < 1.29 is 4.79 Å². The van der Waals surface area contributed by atoms with Crippen LogP contribution in [-0.4, -0.2) is 35.8 Å². The van der Waals surface area contributed by atoms with E-state index in [2.05, 4.69) is 35.7 Å². The van der Waals surface area contributed by atoms with Crippen LogP contribution in [0.15, 0.2) is 36.5 Å². The fourth-order valence-corrected chi connectivity index (χ4v) is 3.31. The highest BCUT2D eigenvalue weighted by Crippen LogP contribution is 2.18. The molecule has 2 aromatic heterocycles. The Bertz CT molecular complexity index is 959. The van der Waals surface area contributed by atoms with Crippen molar-refractivity contribution in [3.63, 3.8) is 0 Å². The number of aromatic nitrogens is 6. The summed E-state index contributed by atoms with van der Waals surface area (Å²) in [5.41, 5.74) is 0.908. The number of nitrogens with zero attached hydrogens (tertiary/aromatic N) is 6. The van der Waals surface area contributed by atoms with Gasteiger partial charge in [-0.3, -0.25) is 0 Å². The van der Waals surface area contributed by atoms with E-state index in [1.54, 1.807) is 4.68 Å². The monoisotopic (exact) mass is 380 g/mol. The molecule has 2 amide bonds. The van der Waals surface area contributed by atoms with Gasteiger partial charge in [-0.25, -0.2) is 9.48 Å². The molecule has 3 heterocycles. The van der Waals surface area contributed by atoms with Crippen LogP contribution in [0.4, 0.5) is 4.79 Å². The summed E-state index contributed by atoms with van der Waals surface area (Å²) < 4.78 is 3.79. The van der Waals surface area contributed by atoms with Crippen LogP contribution in [0.2, 0.25) is 0 Å². The lowest BCUT2D eigenvalue weighted by Gasteiger charge is -2.24. The maximum Gasteiger partial charge on any atom is 0.315 e. The van der Waals surface area contributed by atoms with Crippen molar-refractivity contribution in [3.05, 3.63) is 53.9 Å². The number of urea groups is 1. The van der Waals surface area contributed by atoms with Gasteiger partial charge >= 0.3 is 6.03 Å². The molecule has 0 saturated heterocycles. The van der Waals surface area contributed by atoms with Gasteiger partial charge in [-0.1, -0.05) is 23.4 Å². The number of hydrogen-bond acceptors (Lipinski definition) is 5. The van der Waals surface area contributed by atoms with Crippen molar-refractivity contribution >= 4 is 6.03 Å². The summed E-state index contributed by atoms with van der Waals surface area (Å²) in [5, 5.41) is 22.6. The van der Waals surface area contributed by atoms with E-state index in [1.807, 2.05) is 50.4 Å². The molecule has 0 unspecified atom stereocenters. The van der Waals surface area contributed by atoms with Gasteiger partial charge in [0.1, 0.15) is 11.5 Å². The SMILES string of the molecule is CC(C)(NC(=O)NCc1nnc2n1CCCC2)c1cn(-c2ccccc2)nn1. The van der Waals surface area contributed by atoms with E-state index in [0.29, 0.717) is 12.2 Å². The Labute approximate surface area is 163 Å². The van der Waals surface area contributed by atoms with Crippen molar-refractivity contribution in [3.8, 4) is 5.69 Å². The van der Waals surface area contributed by atoms with Crippen molar-refractivity contribution in [2.75, 3.05) is 0 Å². The molecule has 0 aliphatic carbocycles. The van der Waals surface area contributed by atoms with Gasteiger partial charge in [0, 0.05) is 13.0 Å². The molecule has 28 heavy (non-hydrogen) atoms. The van der Waals surface area contributed by atoms with E-state index >= 15 is 0 Å². The van der Waals surface area contributed by atoms with Crippen LogP contribution < -0.4 is 10.6 Å². The van der Waals surface area contributed by atoms with Gasteiger partial charge < -0.3 is 15.2 Å². The molecule has 9 nitrogen and oxygen atoms in total. The highest BCUT2D eigenvalue weighted by atomic mass is 16.2. The minimum atomic E-state index is -0.679. The van der Waals surface area contributed by atoms with Gasteiger partial charge in [-0.05, 0) is 38.8 Å². The molecule has 0 radical (unpaired) electrons. The number of amides is 2. The van der Waals surface area contributed by atoms with Crippen molar-refractivity contribution in [2.45, 2.75) is 51.7 Å². The molecular weight excluding hydrogens is 356 g/mol. The number of rotatable bonds is 5. The van der Waals surface area contributed by atoms with E-state index in [-0.39, 0.29) is 6.03 Å². The Morgan fingerprint density at radius 1 is 1.14 bits per heavy atom. The lowest BCUT2D eigenvalue weighted by Crippen LogP contribution is -2.46. The van der Waals surface area contributed by atoms with Gasteiger partial charge in [0.05, 0.1) is 24.0 Å². The van der Waals surface area contributed by atoms with Gasteiger partial charge in [0.2, 0.25) is 0 Å². The molecule has 0 saturated carbocycles. The van der Waals surface area contributed by atoms with Crippen LogP contribution in [0.5, 0.6) is 0 Å². The third kappa shape index (κ3) is 3.73. The number of carbonyl (C=O) groups is 1. The van der Waals surface area contributed by atoms with E-state index < -0.39 is 5.54 Å². The van der Waals surface area contributed by atoms with Crippen LogP contribution in [0.25, 0.3) is 5.69 Å². The number of aryl methyl sites for hydroxylation is 1. The lowest BCUT2D eigenvalue weighted by atomic mass is 10.0. The predicted molar refractivity (Wildman–Crippen MR) is 103 cm³/mol. The van der Waals surface area contributed by atoms with Crippen LogP contribution in [0.1, 0.15) is 44.0 Å². The number of fused-ring (bicyclic) bond motifs is 1. The third-order valence-corrected chi connectivity index (χ3v) is 4.92. The first-order valence-electron chi connectivity index (χ1n) is 9.48. The summed E-state index contributed by atoms with van der Waals surface area (Å²) in [6, 6.07) is 9.44. The number of nitrogens with one attached hydrogen (secondary N) is 2. The van der Waals surface area contributed by atoms with E-state index in [4.69, 9.17) is 0 Å². The summed E-state index contributed by atoms with van der Waals surface area (Å²) in [6.45, 7) is 5.04. The fraction of sp³-hybridized carbons (Fsp3) is 0.421. The Morgan fingerprint density at radius 3 is 2.79 bits per heavy atom. The van der Waals surface area contributed by atoms with Crippen molar-refractivity contribution in [1.82, 2.24) is 40.4 Å². The lowest BCUT2D eigenvalue weighted by molar-refractivity contribution is 0.228. The summed E-state index contributed by atoms with van der Waals surface area (Å²) in [6.07, 6.45) is 5.03. The Kier molecular flexibility index (Phi) is 4.81. The van der Waals surface area contributed by atoms with Crippen LogP contribution in [0, 0.1) is 0 Å². The van der Waals surface area contributed by atoms with Crippen molar-refractivity contribution in [1.29, 1.82) is 0 Å². The predicted octanol–water partition coefficient (Wildman–Crippen LogP) is 1.93. The third-order valence-electron chi connectivity index (χ3n) is 4.92. The molecule has 1 aromatic carbocycles. The maximum atomic E-state index is 12.4. The average molecular weight is 380 g/mol. The van der Waals surface area contributed by atoms with E-state index in [9.17, 15) is 4.79 Å². The molecule has 0 fully saturated rings. The van der Waals surface area contributed by atoms with Crippen LogP contribution in [-0.2, 0) is 25.0 Å². The zero-order valence-electron chi connectivity index (χ0n) is 16.1. The Morgan fingerprint density at radius 2 is 1.96 bits per heavy atom. The highest BCUT2D eigenvalue weighted by molar-refractivity contribution is 5.74. The Balaban J connectivity index is 1.38.